The lowest BCUT2D eigenvalue weighted by atomic mass is 10.2. The van der Waals surface area contributed by atoms with Crippen LogP contribution in [-0.2, 0) is 12.3 Å². The van der Waals surface area contributed by atoms with Crippen molar-refractivity contribution >= 4 is 11.8 Å². The summed E-state index contributed by atoms with van der Waals surface area (Å²) in [5.74, 6) is 2.23. The first-order valence-corrected chi connectivity index (χ1v) is 8.95. The molecule has 0 saturated heterocycles. The molecule has 0 unspecified atom stereocenters. The number of nitrogens with one attached hydrogen (secondary N) is 1. The lowest BCUT2D eigenvalue weighted by Gasteiger charge is -2.02. The summed E-state index contributed by atoms with van der Waals surface area (Å²) in [5.41, 5.74) is 0.632. The summed E-state index contributed by atoms with van der Waals surface area (Å²) in [6.07, 6.45) is 1.94. The monoisotopic (exact) mass is 361 g/mol. The Hall–Kier alpha value is -2.55. The van der Waals surface area contributed by atoms with E-state index in [1.165, 1.54) is 11.8 Å². The number of hydrogen-bond acceptors (Lipinski definition) is 7. The van der Waals surface area contributed by atoms with E-state index >= 15 is 0 Å². The number of nitrogens with zero attached hydrogens (tertiary/aromatic N) is 4. The van der Waals surface area contributed by atoms with Crippen LogP contribution in [0.2, 0.25) is 0 Å². The largest absolute Gasteiger partial charge is 0.497 e. The molecule has 0 spiro atoms. The molecule has 0 fully saturated rings. The van der Waals surface area contributed by atoms with Crippen molar-refractivity contribution in [3.63, 3.8) is 0 Å². The molecule has 2 heterocycles. The summed E-state index contributed by atoms with van der Waals surface area (Å²) in [4.78, 5) is 16.2. The molecule has 1 N–H and O–H groups in total. The minimum atomic E-state index is -0.192. The molecule has 0 aliphatic carbocycles. The van der Waals surface area contributed by atoms with Gasteiger partial charge in [0.05, 0.1) is 12.9 Å². The smallest absolute Gasteiger partial charge is 0.343 e. The van der Waals surface area contributed by atoms with Gasteiger partial charge in [-0.1, -0.05) is 30.3 Å². The van der Waals surface area contributed by atoms with Crippen molar-refractivity contribution in [3.05, 3.63) is 40.6 Å². The second-order valence-electron chi connectivity index (χ2n) is 5.35. The summed E-state index contributed by atoms with van der Waals surface area (Å²) in [6, 6.07) is 7.40. The van der Waals surface area contributed by atoms with E-state index in [4.69, 9.17) is 9.26 Å². The topological polar surface area (TPSA) is 98.8 Å². The Morgan fingerprint density at radius 3 is 2.84 bits per heavy atom. The number of H-pyrrole nitrogens is 1. The number of rotatable bonds is 8. The fourth-order valence-corrected chi connectivity index (χ4v) is 3.04. The van der Waals surface area contributed by atoms with Gasteiger partial charge >= 0.3 is 5.69 Å². The zero-order chi connectivity index (χ0) is 17.6. The SMILES string of the molecule is CCCCn1c(SCc2noc(-c3ccc(OC)cc3)n2)n[nH]c1=O. The molecular weight excluding hydrogens is 342 g/mol. The Labute approximate surface area is 148 Å². The van der Waals surface area contributed by atoms with Crippen molar-refractivity contribution in [2.45, 2.75) is 37.2 Å². The molecule has 0 radical (unpaired) electrons. The molecule has 132 valence electrons. The molecule has 1 aromatic carbocycles. The van der Waals surface area contributed by atoms with Crippen molar-refractivity contribution in [1.29, 1.82) is 0 Å². The van der Waals surface area contributed by atoms with Gasteiger partial charge < -0.3 is 9.26 Å². The molecule has 2 aromatic heterocycles. The second-order valence-corrected chi connectivity index (χ2v) is 6.29. The summed E-state index contributed by atoms with van der Waals surface area (Å²) in [6.45, 7) is 2.73. The first-order valence-electron chi connectivity index (χ1n) is 7.96. The lowest BCUT2D eigenvalue weighted by Crippen LogP contribution is -2.17. The summed E-state index contributed by atoms with van der Waals surface area (Å²) < 4.78 is 12.1. The molecule has 0 aliphatic rings. The molecule has 0 amide bonds. The van der Waals surface area contributed by atoms with Gasteiger partial charge in [-0.3, -0.25) is 4.57 Å². The highest BCUT2D eigenvalue weighted by Gasteiger charge is 2.13. The van der Waals surface area contributed by atoms with Crippen LogP contribution in [0.15, 0.2) is 38.7 Å². The van der Waals surface area contributed by atoms with Crippen molar-refractivity contribution in [3.8, 4) is 17.2 Å². The predicted octanol–water partition coefficient (Wildman–Crippen LogP) is 2.72. The van der Waals surface area contributed by atoms with E-state index in [2.05, 4.69) is 27.3 Å². The van der Waals surface area contributed by atoms with Crippen LogP contribution in [0.1, 0.15) is 25.6 Å². The Balaban J connectivity index is 1.67. The van der Waals surface area contributed by atoms with Gasteiger partial charge in [-0.2, -0.15) is 4.98 Å². The van der Waals surface area contributed by atoms with Crippen LogP contribution in [0.25, 0.3) is 11.5 Å². The number of aromatic amines is 1. The summed E-state index contributed by atoms with van der Waals surface area (Å²) >= 11 is 1.40. The molecular formula is C16H19N5O3S. The molecule has 0 bridgehead atoms. The van der Waals surface area contributed by atoms with E-state index in [0.29, 0.717) is 29.2 Å². The van der Waals surface area contributed by atoms with E-state index in [1.807, 2.05) is 24.3 Å². The van der Waals surface area contributed by atoms with Gasteiger partial charge in [-0.05, 0) is 30.7 Å². The normalized spacial score (nSPS) is 11.0. The van der Waals surface area contributed by atoms with Crippen molar-refractivity contribution in [2.75, 3.05) is 7.11 Å². The van der Waals surface area contributed by atoms with Crippen LogP contribution in [0.5, 0.6) is 5.75 Å². The third-order valence-corrected chi connectivity index (χ3v) is 4.57. The first-order chi connectivity index (χ1) is 12.2. The minimum absolute atomic E-state index is 0.192. The second kappa shape index (κ2) is 8.02. The molecule has 0 aliphatic heterocycles. The van der Waals surface area contributed by atoms with Gasteiger partial charge in [-0.15, -0.1) is 5.10 Å². The minimum Gasteiger partial charge on any atom is -0.497 e. The number of methoxy groups -OCH3 is 1. The summed E-state index contributed by atoms with van der Waals surface area (Å²) in [5, 5.41) is 11.2. The van der Waals surface area contributed by atoms with Crippen LogP contribution in [0, 0.1) is 0 Å². The summed E-state index contributed by atoms with van der Waals surface area (Å²) in [7, 11) is 1.62. The van der Waals surface area contributed by atoms with E-state index in [-0.39, 0.29) is 5.69 Å². The number of thioether (sulfide) groups is 1. The highest BCUT2D eigenvalue weighted by molar-refractivity contribution is 7.98. The highest BCUT2D eigenvalue weighted by Crippen LogP contribution is 2.23. The van der Waals surface area contributed by atoms with Crippen LogP contribution in [-0.4, -0.2) is 32.0 Å². The quantitative estimate of drug-likeness (QED) is 0.616. The van der Waals surface area contributed by atoms with Crippen LogP contribution >= 0.6 is 11.8 Å². The molecule has 3 rings (SSSR count). The van der Waals surface area contributed by atoms with E-state index < -0.39 is 0 Å². The first kappa shape index (κ1) is 17.3. The Morgan fingerprint density at radius 2 is 2.12 bits per heavy atom. The predicted molar refractivity (Wildman–Crippen MR) is 93.6 cm³/mol. The van der Waals surface area contributed by atoms with Crippen molar-refractivity contribution in [1.82, 2.24) is 24.9 Å². The number of unbranched alkanes of at least 4 members (excludes halogenated alkanes) is 1. The zero-order valence-corrected chi connectivity index (χ0v) is 14.9. The Morgan fingerprint density at radius 1 is 1.32 bits per heavy atom. The maximum Gasteiger partial charge on any atom is 0.343 e. The Bertz CT molecular complexity index is 869. The van der Waals surface area contributed by atoms with Gasteiger partial charge in [0, 0.05) is 12.1 Å². The van der Waals surface area contributed by atoms with Crippen LogP contribution in [0.3, 0.4) is 0 Å². The maximum absolute atomic E-state index is 11.8. The lowest BCUT2D eigenvalue weighted by molar-refractivity contribution is 0.414. The van der Waals surface area contributed by atoms with Gasteiger partial charge in [0.1, 0.15) is 5.75 Å². The fourth-order valence-electron chi connectivity index (χ4n) is 2.22. The van der Waals surface area contributed by atoms with Crippen molar-refractivity contribution < 1.29 is 9.26 Å². The van der Waals surface area contributed by atoms with E-state index in [9.17, 15) is 4.79 Å². The molecule has 0 atom stereocenters. The number of hydrogen-bond donors (Lipinski definition) is 1. The molecule has 9 heteroatoms. The standard InChI is InChI=1S/C16H19N5O3S/c1-3-4-9-21-15(22)18-19-16(21)25-10-13-17-14(24-20-13)11-5-7-12(23-2)8-6-11/h5-8H,3-4,9-10H2,1-2H3,(H,18,22). The third kappa shape index (κ3) is 4.11. The van der Waals surface area contributed by atoms with Gasteiger partial charge in [-0.25, -0.2) is 9.89 Å². The average molecular weight is 361 g/mol. The number of ether oxygens (including phenoxy) is 1. The molecule has 25 heavy (non-hydrogen) atoms. The van der Waals surface area contributed by atoms with Crippen LogP contribution < -0.4 is 10.4 Å². The zero-order valence-electron chi connectivity index (χ0n) is 14.1. The third-order valence-electron chi connectivity index (χ3n) is 3.59. The maximum atomic E-state index is 11.8. The van der Waals surface area contributed by atoms with E-state index in [1.54, 1.807) is 11.7 Å². The molecule has 8 nitrogen and oxygen atoms in total. The van der Waals surface area contributed by atoms with Crippen molar-refractivity contribution in [2.24, 2.45) is 0 Å². The number of aromatic nitrogens is 5. The van der Waals surface area contributed by atoms with Gasteiger partial charge in [0.2, 0.25) is 0 Å². The average Bonchev–Trinajstić information content (AvgIpc) is 3.25. The van der Waals surface area contributed by atoms with Gasteiger partial charge in [0.15, 0.2) is 11.0 Å². The molecule has 3 aromatic rings. The van der Waals surface area contributed by atoms with E-state index in [0.717, 1.165) is 24.2 Å². The molecule has 0 saturated carbocycles. The Kier molecular flexibility index (Phi) is 5.54. The highest BCUT2D eigenvalue weighted by atomic mass is 32.2. The van der Waals surface area contributed by atoms with Gasteiger partial charge in [0.25, 0.3) is 5.89 Å². The number of benzene rings is 1. The fraction of sp³-hybridized carbons (Fsp3) is 0.375. The van der Waals surface area contributed by atoms with Crippen LogP contribution in [0.4, 0.5) is 0 Å².